The Bertz CT molecular complexity index is 334. The molecule has 4 heteroatoms. The number of amides is 1. The highest BCUT2D eigenvalue weighted by molar-refractivity contribution is 5.97. The Kier molecular flexibility index (Phi) is 17.9. The molecule has 1 amide bonds. The quantitative estimate of drug-likeness (QED) is 0.346. The van der Waals surface area contributed by atoms with Gasteiger partial charge in [-0.05, 0) is 0 Å². The van der Waals surface area contributed by atoms with Gasteiger partial charge in [0.05, 0.1) is 6.54 Å². The summed E-state index contributed by atoms with van der Waals surface area (Å²) in [6.45, 7) is 8.52. The number of rotatable bonds is 7. The molecule has 0 saturated heterocycles. The van der Waals surface area contributed by atoms with Crippen molar-refractivity contribution >= 4 is 12.2 Å². The van der Waals surface area contributed by atoms with Crippen molar-refractivity contribution in [1.29, 1.82) is 0 Å². The topological polar surface area (TPSA) is 58.2 Å². The molecule has 0 aliphatic rings. The Balaban J connectivity index is -0.000000156. The number of hydrogen-bond donors (Lipinski definition) is 2. The van der Waals surface area contributed by atoms with Gasteiger partial charge < -0.3 is 0 Å². The number of hydrogen-bond acceptors (Lipinski definition) is 3. The van der Waals surface area contributed by atoms with Gasteiger partial charge in [-0.1, -0.05) is 77.3 Å². The Morgan fingerprint density at radius 3 is 2.10 bits per heavy atom. The van der Waals surface area contributed by atoms with Crippen molar-refractivity contribution in [2.24, 2.45) is 0 Å². The summed E-state index contributed by atoms with van der Waals surface area (Å²) in [7, 11) is 0. The van der Waals surface area contributed by atoms with Crippen LogP contribution in [0.4, 0.5) is 0 Å². The number of carbonyl (C=O) groups excluding carboxylic acids is 2. The molecule has 2 N–H and O–H groups in total. The molecule has 0 aliphatic carbocycles. The molecule has 0 bridgehead atoms. The van der Waals surface area contributed by atoms with Crippen LogP contribution in [-0.2, 0) is 4.79 Å². The lowest BCUT2D eigenvalue weighted by Gasteiger charge is -2.01. The van der Waals surface area contributed by atoms with Crippen LogP contribution >= 0.6 is 0 Å². The molecule has 20 heavy (non-hydrogen) atoms. The molecule has 0 unspecified atom stereocenters. The van der Waals surface area contributed by atoms with Crippen molar-refractivity contribution in [3.63, 3.8) is 0 Å². The van der Waals surface area contributed by atoms with E-state index in [2.05, 4.69) is 24.7 Å². The van der Waals surface area contributed by atoms with Crippen LogP contribution in [0.2, 0.25) is 0 Å². The number of nitrogens with one attached hydrogen (secondary N) is 2. The highest BCUT2D eigenvalue weighted by atomic mass is 16.1. The zero-order valence-electron chi connectivity index (χ0n) is 13.1. The highest BCUT2D eigenvalue weighted by Gasteiger charge is 2.02. The lowest BCUT2D eigenvalue weighted by atomic mass is 10.1. The van der Waals surface area contributed by atoms with E-state index < -0.39 is 0 Å². The average Bonchev–Trinajstić information content (AvgIpc) is 2.52. The highest BCUT2D eigenvalue weighted by Crippen LogP contribution is 1.98. The van der Waals surface area contributed by atoms with E-state index >= 15 is 0 Å². The third-order valence-corrected chi connectivity index (χ3v) is 2.21. The van der Waals surface area contributed by atoms with Gasteiger partial charge in [-0.3, -0.25) is 15.0 Å². The van der Waals surface area contributed by atoms with Crippen molar-refractivity contribution in [1.82, 2.24) is 10.9 Å². The number of carbonyl (C=O) groups is 2. The van der Waals surface area contributed by atoms with E-state index in [-0.39, 0.29) is 15.2 Å². The van der Waals surface area contributed by atoms with E-state index in [0.29, 0.717) is 12.0 Å². The van der Waals surface area contributed by atoms with Crippen molar-refractivity contribution in [2.45, 2.75) is 47.0 Å². The van der Waals surface area contributed by atoms with Gasteiger partial charge in [0.1, 0.15) is 0 Å². The van der Waals surface area contributed by atoms with Crippen LogP contribution in [0.25, 0.3) is 0 Å². The van der Waals surface area contributed by atoms with E-state index in [9.17, 15) is 9.59 Å². The summed E-state index contributed by atoms with van der Waals surface area (Å²) in [5.74, 6) is -0.0602. The summed E-state index contributed by atoms with van der Waals surface area (Å²) in [6.07, 6.45) is 4.56. The minimum absolute atomic E-state index is 0. The largest absolute Gasteiger partial charge is 0.294 e. The van der Waals surface area contributed by atoms with Crippen molar-refractivity contribution < 1.29 is 12.4 Å². The molecule has 118 valence electrons. The number of unbranched alkanes of at least 4 members (excludes halogenated alkanes) is 2. The van der Waals surface area contributed by atoms with Gasteiger partial charge in [0.15, 0.2) is 5.78 Å². The molecule has 0 spiro atoms. The first-order chi connectivity index (χ1) is 9.76. The lowest BCUT2D eigenvalue weighted by molar-refractivity contribution is -0.110. The summed E-state index contributed by atoms with van der Waals surface area (Å²) in [6, 6.07) is 8.88. The van der Waals surface area contributed by atoms with Crippen LogP contribution in [0.15, 0.2) is 30.3 Å². The first kappa shape index (κ1) is 20.6. The summed E-state index contributed by atoms with van der Waals surface area (Å²) in [5.41, 5.74) is 5.29. The fourth-order valence-electron chi connectivity index (χ4n) is 1.25. The second-order valence-electron chi connectivity index (χ2n) is 3.76. The molecule has 0 aliphatic heterocycles. The molecule has 0 saturated carbocycles. The molecule has 0 radical (unpaired) electrons. The van der Waals surface area contributed by atoms with Crippen LogP contribution in [0, 0.1) is 0 Å². The molecule has 1 aromatic rings. The fourth-order valence-corrected chi connectivity index (χ4v) is 1.25. The first-order valence-electron chi connectivity index (χ1n) is 7.26. The Labute approximate surface area is 125 Å². The lowest BCUT2D eigenvalue weighted by Crippen LogP contribution is -2.34. The average molecular weight is 284 g/mol. The summed E-state index contributed by atoms with van der Waals surface area (Å²) in [4.78, 5) is 21.1. The fraction of sp³-hybridized carbons (Fsp3) is 0.500. The normalized spacial score (nSPS) is 8.40. The molecule has 0 heterocycles. The third kappa shape index (κ3) is 12.8. The third-order valence-electron chi connectivity index (χ3n) is 2.21. The zero-order valence-corrected chi connectivity index (χ0v) is 13.1. The van der Waals surface area contributed by atoms with Crippen LogP contribution in [0.3, 0.4) is 0 Å². The predicted octanol–water partition coefficient (Wildman–Crippen LogP) is 3.83. The number of benzene rings is 1. The van der Waals surface area contributed by atoms with E-state index in [1.165, 1.54) is 19.3 Å². The van der Waals surface area contributed by atoms with Crippen molar-refractivity contribution in [2.75, 3.05) is 6.54 Å². The molecule has 0 atom stereocenters. The van der Waals surface area contributed by atoms with Gasteiger partial charge in [-0.2, -0.15) is 0 Å². The summed E-state index contributed by atoms with van der Waals surface area (Å²) < 4.78 is 0. The van der Waals surface area contributed by atoms with Crippen LogP contribution in [-0.4, -0.2) is 18.7 Å². The standard InChI is InChI=1S/C9H10N2O2.C5H12.C2H6.2H2/c12-7-11-10-6-9(13)8-4-2-1-3-5-8;1-3-5-4-2;1-2;;/h1-5,7,10H,6H2,(H,11,12);3-5H2,1-2H3;1-2H3;2*1H. The smallest absolute Gasteiger partial charge is 0.221 e. The predicted molar refractivity (Wildman–Crippen MR) is 88.7 cm³/mol. The maximum Gasteiger partial charge on any atom is 0.221 e. The summed E-state index contributed by atoms with van der Waals surface area (Å²) in [5, 5.41) is 0. The second kappa shape index (κ2) is 17.3. The van der Waals surface area contributed by atoms with E-state index in [1.807, 2.05) is 19.9 Å². The van der Waals surface area contributed by atoms with Crippen LogP contribution in [0.1, 0.15) is 60.2 Å². The number of hydrazine groups is 1. The van der Waals surface area contributed by atoms with Gasteiger partial charge in [-0.15, -0.1) is 0 Å². The Morgan fingerprint density at radius 1 is 1.15 bits per heavy atom. The molecule has 4 nitrogen and oxygen atoms in total. The number of Topliss-reactive ketones (excluding diaryl/α,β-unsaturated/α-hetero) is 1. The molecule has 0 fully saturated rings. The van der Waals surface area contributed by atoms with Gasteiger partial charge >= 0.3 is 0 Å². The maximum atomic E-state index is 11.3. The molecule has 1 aromatic carbocycles. The van der Waals surface area contributed by atoms with Gasteiger partial charge in [0.2, 0.25) is 6.41 Å². The van der Waals surface area contributed by atoms with Gasteiger partial charge in [-0.25, -0.2) is 5.43 Å². The number of ketones is 1. The first-order valence-corrected chi connectivity index (χ1v) is 7.26. The maximum absolute atomic E-state index is 11.3. The Hall–Kier alpha value is -1.68. The molecule has 1 rings (SSSR count). The van der Waals surface area contributed by atoms with Crippen molar-refractivity contribution in [3.8, 4) is 0 Å². The van der Waals surface area contributed by atoms with Gasteiger partial charge in [0.25, 0.3) is 0 Å². The molecular weight excluding hydrogens is 252 g/mol. The SMILES string of the molecule is CC.CCCCC.O=CNNCC(=O)c1ccccc1.[HH].[HH]. The van der Waals surface area contributed by atoms with Crippen LogP contribution < -0.4 is 10.9 Å². The monoisotopic (exact) mass is 284 g/mol. The van der Waals surface area contributed by atoms with E-state index in [1.54, 1.807) is 24.3 Å². The van der Waals surface area contributed by atoms with E-state index in [0.717, 1.165) is 0 Å². The molecule has 0 aromatic heterocycles. The zero-order chi connectivity index (χ0) is 15.6. The van der Waals surface area contributed by atoms with Gasteiger partial charge in [0, 0.05) is 8.42 Å². The van der Waals surface area contributed by atoms with E-state index in [4.69, 9.17) is 0 Å². The second-order valence-corrected chi connectivity index (χ2v) is 3.76. The molecular formula is C16H32N2O2. The van der Waals surface area contributed by atoms with Crippen molar-refractivity contribution in [3.05, 3.63) is 35.9 Å². The minimum Gasteiger partial charge on any atom is -0.294 e. The Morgan fingerprint density at radius 2 is 1.70 bits per heavy atom. The minimum atomic E-state index is -0.0602. The summed E-state index contributed by atoms with van der Waals surface area (Å²) >= 11 is 0. The van der Waals surface area contributed by atoms with Crippen LogP contribution in [0.5, 0.6) is 0 Å².